The van der Waals surface area contributed by atoms with Crippen molar-refractivity contribution in [2.75, 3.05) is 34.4 Å². The Morgan fingerprint density at radius 1 is 1.20 bits per heavy atom. The van der Waals surface area contributed by atoms with Crippen molar-refractivity contribution in [2.45, 2.75) is 31.6 Å². The predicted molar refractivity (Wildman–Crippen MR) is 69.0 cm³/mol. The fourth-order valence-electron chi connectivity index (χ4n) is 1.46. The highest BCUT2D eigenvalue weighted by molar-refractivity contribution is 7.59. The summed E-state index contributed by atoms with van der Waals surface area (Å²) in [4.78, 5) is 0. The van der Waals surface area contributed by atoms with E-state index in [1.807, 2.05) is 28.2 Å². The average molecular weight is 255 g/mol. The number of unbranched alkanes of at least 4 members (excludes halogenated alkanes) is 1. The van der Waals surface area contributed by atoms with E-state index in [4.69, 9.17) is 11.6 Å². The highest BCUT2D eigenvalue weighted by Crippen LogP contribution is 2.50. The zero-order valence-electron chi connectivity index (χ0n) is 10.5. The van der Waals surface area contributed by atoms with Gasteiger partial charge in [0.25, 0.3) is 0 Å². The average Bonchev–Trinajstić information content (AvgIpc) is 2.13. The van der Waals surface area contributed by atoms with E-state index >= 15 is 0 Å². The van der Waals surface area contributed by atoms with E-state index in [2.05, 4.69) is 6.92 Å². The smallest absolute Gasteiger partial charge is 0.216 e. The highest BCUT2D eigenvalue weighted by atomic mass is 35.5. The maximum absolute atomic E-state index is 12.6. The van der Waals surface area contributed by atoms with Crippen molar-refractivity contribution in [3.8, 4) is 0 Å². The highest BCUT2D eigenvalue weighted by Gasteiger charge is 2.30. The number of alkyl halides is 1. The van der Waals surface area contributed by atoms with E-state index in [9.17, 15) is 4.57 Å². The van der Waals surface area contributed by atoms with E-state index in [1.165, 1.54) is 0 Å². The van der Waals surface area contributed by atoms with Crippen molar-refractivity contribution < 1.29 is 4.57 Å². The minimum atomic E-state index is -2.42. The molecule has 0 aromatic rings. The monoisotopic (exact) mass is 254 g/mol. The first-order chi connectivity index (χ1) is 6.84. The second-order valence-electron chi connectivity index (χ2n) is 4.28. The third kappa shape index (κ3) is 4.86. The largest absolute Gasteiger partial charge is 0.289 e. The Kier molecular flexibility index (Phi) is 7.10. The summed E-state index contributed by atoms with van der Waals surface area (Å²) in [6.45, 7) is 2.14. The number of nitrogens with zero attached hydrogens (tertiary/aromatic N) is 2. The maximum atomic E-state index is 12.6. The number of hydrogen-bond acceptors (Lipinski definition) is 1. The molecule has 0 N–H and O–H groups in total. The van der Waals surface area contributed by atoms with Crippen molar-refractivity contribution in [2.24, 2.45) is 0 Å². The maximum Gasteiger partial charge on any atom is 0.216 e. The molecular formula is C10H24ClN2OP. The van der Waals surface area contributed by atoms with Gasteiger partial charge in [-0.15, -0.1) is 11.6 Å². The first-order valence-electron chi connectivity index (χ1n) is 5.43. The molecule has 0 aliphatic carbocycles. The molecular weight excluding hydrogens is 231 g/mol. The lowest BCUT2D eigenvalue weighted by atomic mass is 10.2. The van der Waals surface area contributed by atoms with Gasteiger partial charge >= 0.3 is 0 Å². The zero-order valence-corrected chi connectivity index (χ0v) is 12.2. The van der Waals surface area contributed by atoms with Crippen molar-refractivity contribution in [3.05, 3.63) is 0 Å². The van der Waals surface area contributed by atoms with Crippen LogP contribution in [0.4, 0.5) is 0 Å². The van der Waals surface area contributed by atoms with Gasteiger partial charge in [0.15, 0.2) is 0 Å². The molecule has 0 aromatic heterocycles. The summed E-state index contributed by atoms with van der Waals surface area (Å²) in [6.07, 6.45) is 3.75. The van der Waals surface area contributed by atoms with Crippen molar-refractivity contribution in [3.63, 3.8) is 0 Å². The number of hydrogen-bond donors (Lipinski definition) is 0. The molecule has 0 aromatic carbocycles. The molecule has 0 radical (unpaired) electrons. The molecule has 1 unspecified atom stereocenters. The van der Waals surface area contributed by atoms with E-state index in [0.717, 1.165) is 19.3 Å². The summed E-state index contributed by atoms with van der Waals surface area (Å²) in [5.41, 5.74) is 0. The molecule has 0 aliphatic heterocycles. The zero-order chi connectivity index (χ0) is 12.1. The van der Waals surface area contributed by atoms with Crippen LogP contribution in [-0.4, -0.2) is 49.1 Å². The van der Waals surface area contributed by atoms with Crippen LogP contribution in [0, 0.1) is 0 Å². The molecule has 0 fully saturated rings. The first kappa shape index (κ1) is 15.4. The molecule has 92 valence electrons. The van der Waals surface area contributed by atoms with Crippen molar-refractivity contribution in [1.29, 1.82) is 0 Å². The minimum absolute atomic E-state index is 0.0144. The Morgan fingerprint density at radius 2 is 1.67 bits per heavy atom. The van der Waals surface area contributed by atoms with Crippen molar-refractivity contribution in [1.82, 2.24) is 9.34 Å². The first-order valence-corrected chi connectivity index (χ1v) is 7.66. The van der Waals surface area contributed by atoms with Gasteiger partial charge in [0, 0.05) is 11.5 Å². The quantitative estimate of drug-likeness (QED) is 0.515. The van der Waals surface area contributed by atoms with Crippen LogP contribution in [0.2, 0.25) is 0 Å². The Bertz CT molecular complexity index is 209. The summed E-state index contributed by atoms with van der Waals surface area (Å²) in [5, 5.41) is 0.0144. The Balaban J connectivity index is 4.36. The Morgan fingerprint density at radius 3 is 2.00 bits per heavy atom. The van der Waals surface area contributed by atoms with Crippen LogP contribution in [-0.2, 0) is 4.57 Å². The predicted octanol–water partition coefficient (Wildman–Crippen LogP) is 3.10. The molecule has 0 amide bonds. The van der Waals surface area contributed by atoms with Gasteiger partial charge in [-0.3, -0.25) is 4.57 Å². The van der Waals surface area contributed by atoms with Gasteiger partial charge in [-0.1, -0.05) is 19.8 Å². The van der Waals surface area contributed by atoms with Gasteiger partial charge < -0.3 is 0 Å². The summed E-state index contributed by atoms with van der Waals surface area (Å²) in [5.74, 6) is 0. The minimum Gasteiger partial charge on any atom is -0.289 e. The second kappa shape index (κ2) is 6.90. The van der Waals surface area contributed by atoms with Crippen LogP contribution < -0.4 is 0 Å². The molecule has 0 bridgehead atoms. The fraction of sp³-hybridized carbons (Fsp3) is 1.00. The van der Waals surface area contributed by atoms with Crippen LogP contribution in [0.5, 0.6) is 0 Å². The molecule has 0 saturated carbocycles. The summed E-state index contributed by atoms with van der Waals surface area (Å²) in [7, 11) is 4.98. The van der Waals surface area contributed by atoms with Crippen LogP contribution in [0.25, 0.3) is 0 Å². The van der Waals surface area contributed by atoms with Gasteiger partial charge in [-0.2, -0.15) is 0 Å². The number of rotatable bonds is 7. The topological polar surface area (TPSA) is 23.6 Å². The molecule has 1 atom stereocenters. The SMILES string of the molecule is CCCCC(Cl)CP(=O)(N(C)C)N(C)C. The Hall–Kier alpha value is 0.440. The normalized spacial score (nSPS) is 14.9. The molecule has 0 saturated heterocycles. The molecule has 0 rings (SSSR count). The molecule has 5 heteroatoms. The van der Waals surface area contributed by atoms with Gasteiger partial charge in [-0.05, 0) is 34.6 Å². The Labute approximate surface area is 99.2 Å². The van der Waals surface area contributed by atoms with E-state index in [0.29, 0.717) is 6.16 Å². The molecule has 0 heterocycles. The summed E-state index contributed by atoms with van der Waals surface area (Å²) in [6, 6.07) is 0. The van der Waals surface area contributed by atoms with Gasteiger partial charge in [0.05, 0.1) is 0 Å². The van der Waals surface area contributed by atoms with Crippen LogP contribution in [0.15, 0.2) is 0 Å². The molecule has 0 aliphatic rings. The summed E-state index contributed by atoms with van der Waals surface area (Å²) < 4.78 is 16.2. The molecule has 15 heavy (non-hydrogen) atoms. The summed E-state index contributed by atoms with van der Waals surface area (Å²) >= 11 is 6.21. The number of halogens is 1. The third-order valence-electron chi connectivity index (χ3n) is 2.56. The lowest BCUT2D eigenvalue weighted by Gasteiger charge is -2.32. The van der Waals surface area contributed by atoms with Crippen molar-refractivity contribution >= 4 is 19.0 Å². The standard InChI is InChI=1S/C10H24ClN2OP/c1-6-7-8-10(11)9-15(14,12(2)3)13(4)5/h10H,6-9H2,1-5H3. The van der Waals surface area contributed by atoms with Gasteiger partial charge in [0.1, 0.15) is 0 Å². The van der Waals surface area contributed by atoms with E-state index < -0.39 is 7.44 Å². The van der Waals surface area contributed by atoms with E-state index in [-0.39, 0.29) is 5.38 Å². The van der Waals surface area contributed by atoms with Gasteiger partial charge in [0.2, 0.25) is 7.44 Å². The van der Waals surface area contributed by atoms with Crippen LogP contribution >= 0.6 is 19.0 Å². The van der Waals surface area contributed by atoms with E-state index in [1.54, 1.807) is 9.34 Å². The van der Waals surface area contributed by atoms with Crippen LogP contribution in [0.3, 0.4) is 0 Å². The molecule has 3 nitrogen and oxygen atoms in total. The van der Waals surface area contributed by atoms with Crippen LogP contribution in [0.1, 0.15) is 26.2 Å². The fourth-order valence-corrected chi connectivity index (χ4v) is 4.22. The van der Waals surface area contributed by atoms with Gasteiger partial charge in [-0.25, -0.2) is 9.34 Å². The molecule has 0 spiro atoms. The third-order valence-corrected chi connectivity index (χ3v) is 6.56. The lowest BCUT2D eigenvalue weighted by molar-refractivity contribution is 0.445. The second-order valence-corrected chi connectivity index (χ2v) is 8.19. The lowest BCUT2D eigenvalue weighted by Crippen LogP contribution is -2.26.